The fraction of sp³-hybridized carbons (Fsp3) is 0.353. The van der Waals surface area contributed by atoms with Gasteiger partial charge >= 0.3 is 7.48 Å². The molecule has 1 heterocycles. The van der Waals surface area contributed by atoms with E-state index in [1.807, 2.05) is 44.2 Å². The summed E-state index contributed by atoms with van der Waals surface area (Å²) in [5.41, 5.74) is 0.688. The highest BCUT2D eigenvalue weighted by Crippen LogP contribution is 2.32. The Morgan fingerprint density at radius 1 is 1.14 bits per heavy atom. The fourth-order valence-electron chi connectivity index (χ4n) is 2.37. The third-order valence-electron chi connectivity index (χ3n) is 4.52. The quantitative estimate of drug-likeness (QED) is 0.851. The summed E-state index contributed by atoms with van der Waals surface area (Å²) in [6, 6.07) is 9.44. The third kappa shape index (κ3) is 2.30. The summed E-state index contributed by atoms with van der Waals surface area (Å²) in [6.45, 7) is 7.12. The Bertz CT molecular complexity index is 762. The molecule has 0 unspecified atom stereocenters. The lowest BCUT2D eigenvalue weighted by Gasteiger charge is -2.37. The van der Waals surface area contributed by atoms with Crippen LogP contribution in [0.25, 0.3) is 10.8 Å². The number of carbonyl (C=O) groups excluding carboxylic acids is 1. The van der Waals surface area contributed by atoms with Crippen LogP contribution in [0.15, 0.2) is 30.3 Å². The number of aliphatic hydroxyl groups is 1. The lowest BCUT2D eigenvalue weighted by molar-refractivity contribution is -0.0893. The maximum Gasteiger partial charge on any atom is 0.331 e. The average Bonchev–Trinajstić information content (AvgIpc) is 2.76. The van der Waals surface area contributed by atoms with Crippen LogP contribution in [0.5, 0.6) is 0 Å². The molecule has 22 heavy (non-hydrogen) atoms. The first-order valence-electron chi connectivity index (χ1n) is 7.31. The van der Waals surface area contributed by atoms with Crippen LogP contribution in [-0.2, 0) is 4.65 Å². The minimum atomic E-state index is -0.976. The molecule has 2 N–H and O–H groups in total. The van der Waals surface area contributed by atoms with Gasteiger partial charge in [-0.3, -0.25) is 4.79 Å². The van der Waals surface area contributed by atoms with Gasteiger partial charge in [0.05, 0.1) is 11.2 Å². The Labute approximate surface area is 130 Å². The highest BCUT2D eigenvalue weighted by atomic mass is 16.5. The fourth-order valence-corrected chi connectivity index (χ4v) is 2.37. The van der Waals surface area contributed by atoms with Crippen LogP contribution < -0.4 is 10.8 Å². The van der Waals surface area contributed by atoms with Gasteiger partial charge in [-0.05, 0) is 50.7 Å². The second-order valence-corrected chi connectivity index (χ2v) is 6.69. The number of nitrogens with one attached hydrogen (secondary N) is 1. The van der Waals surface area contributed by atoms with Crippen LogP contribution in [0.2, 0.25) is 0 Å². The molecule has 2 aromatic rings. The van der Waals surface area contributed by atoms with Gasteiger partial charge in [-0.2, -0.15) is 0 Å². The molecule has 0 bridgehead atoms. The summed E-state index contributed by atoms with van der Waals surface area (Å²) in [6.07, 6.45) is 0. The van der Waals surface area contributed by atoms with Crippen LogP contribution in [0.3, 0.4) is 0 Å². The van der Waals surface area contributed by atoms with Crippen molar-refractivity contribution in [2.24, 2.45) is 0 Å². The lowest BCUT2D eigenvalue weighted by atomic mass is 9.80. The van der Waals surface area contributed by atoms with E-state index in [2.05, 4.69) is 5.32 Å². The van der Waals surface area contributed by atoms with Gasteiger partial charge in [0.2, 0.25) is 0 Å². The van der Waals surface area contributed by atoms with E-state index in [4.69, 9.17) is 4.65 Å². The Morgan fingerprint density at radius 2 is 1.86 bits per heavy atom. The largest absolute Gasteiger partial charge is 0.427 e. The summed E-state index contributed by atoms with van der Waals surface area (Å²) in [7, 11) is 1.66. The van der Waals surface area contributed by atoms with Gasteiger partial charge in [0, 0.05) is 16.6 Å². The van der Waals surface area contributed by atoms with E-state index in [0.717, 1.165) is 21.9 Å². The van der Waals surface area contributed by atoms with Crippen LogP contribution in [-0.4, -0.2) is 29.7 Å². The highest BCUT2D eigenvalue weighted by molar-refractivity contribution is 6.52. The van der Waals surface area contributed by atoms with Crippen LogP contribution in [0.4, 0.5) is 5.69 Å². The number of hydrogen-bond donors (Lipinski definition) is 2. The Morgan fingerprint density at radius 3 is 2.55 bits per heavy atom. The normalized spacial score (nSPS) is 14.3. The molecule has 0 fully saturated rings. The van der Waals surface area contributed by atoms with Crippen molar-refractivity contribution in [3.63, 3.8) is 0 Å². The molecular formula is C17H19BNO3. The summed E-state index contributed by atoms with van der Waals surface area (Å²) in [5, 5.41) is 14.9. The number of carbonyl (C=O) groups is 1. The second kappa shape index (κ2) is 4.83. The number of hydrogen-bond acceptors (Lipinski definition) is 3. The number of amides is 1. The van der Waals surface area contributed by atoms with E-state index in [1.165, 1.54) is 0 Å². The second-order valence-electron chi connectivity index (χ2n) is 6.69. The summed E-state index contributed by atoms with van der Waals surface area (Å²) in [5.74, 6) is -0.0736. The Kier molecular flexibility index (Phi) is 3.31. The van der Waals surface area contributed by atoms with Gasteiger partial charge in [0.1, 0.15) is 0 Å². The Hall–Kier alpha value is -1.85. The van der Waals surface area contributed by atoms with Crippen molar-refractivity contribution in [2.45, 2.75) is 38.9 Å². The van der Waals surface area contributed by atoms with Crippen molar-refractivity contribution in [3.05, 3.63) is 35.9 Å². The Balaban J connectivity index is 1.97. The lowest BCUT2D eigenvalue weighted by Crippen LogP contribution is -2.49. The molecule has 0 spiro atoms. The van der Waals surface area contributed by atoms with Crippen molar-refractivity contribution < 1.29 is 14.6 Å². The third-order valence-corrected chi connectivity index (χ3v) is 4.52. The maximum atomic E-state index is 11.9. The van der Waals surface area contributed by atoms with Gasteiger partial charge in [0.15, 0.2) is 0 Å². The zero-order valence-electron chi connectivity index (χ0n) is 13.2. The first-order valence-corrected chi connectivity index (χ1v) is 7.31. The van der Waals surface area contributed by atoms with E-state index in [1.54, 1.807) is 21.3 Å². The SMILES string of the molecule is CC(C)(O)C(C)(C)O[B]c1ccc2c3c(cccc13)C(=O)N2. The molecule has 0 saturated heterocycles. The summed E-state index contributed by atoms with van der Waals surface area (Å²) in [4.78, 5) is 11.9. The number of benzene rings is 2. The van der Waals surface area contributed by atoms with E-state index in [0.29, 0.717) is 5.56 Å². The van der Waals surface area contributed by atoms with Crippen molar-refractivity contribution in [2.75, 3.05) is 5.32 Å². The van der Waals surface area contributed by atoms with E-state index < -0.39 is 11.2 Å². The molecule has 1 radical (unpaired) electrons. The molecule has 5 heteroatoms. The predicted octanol–water partition coefficient (Wildman–Crippen LogP) is 2.22. The first kappa shape index (κ1) is 15.1. The van der Waals surface area contributed by atoms with Crippen molar-refractivity contribution in [1.29, 1.82) is 0 Å². The molecular weight excluding hydrogens is 277 g/mol. The van der Waals surface area contributed by atoms with E-state index >= 15 is 0 Å². The van der Waals surface area contributed by atoms with E-state index in [9.17, 15) is 9.90 Å². The van der Waals surface area contributed by atoms with Crippen molar-refractivity contribution in [1.82, 2.24) is 0 Å². The van der Waals surface area contributed by atoms with Gasteiger partial charge in [0.25, 0.3) is 5.91 Å². The molecule has 0 aromatic heterocycles. The summed E-state index contributed by atoms with van der Waals surface area (Å²) < 4.78 is 5.83. The minimum absolute atomic E-state index is 0.0736. The standard InChI is InChI=1S/C17H19BNO3/c1-16(2,21)17(3,4)22-18-12-8-9-13-14-10(12)6-5-7-11(14)15(20)19-13/h5-9,21H,1-4H3,(H,19,20). The van der Waals surface area contributed by atoms with Crippen molar-refractivity contribution in [3.8, 4) is 0 Å². The molecule has 113 valence electrons. The molecule has 0 aliphatic carbocycles. The number of anilines is 1. The zero-order valence-corrected chi connectivity index (χ0v) is 13.2. The van der Waals surface area contributed by atoms with Crippen LogP contribution in [0.1, 0.15) is 38.1 Å². The molecule has 1 aliphatic heterocycles. The highest BCUT2D eigenvalue weighted by Gasteiger charge is 2.36. The van der Waals surface area contributed by atoms with Crippen LogP contribution >= 0.6 is 0 Å². The van der Waals surface area contributed by atoms with Gasteiger partial charge in [-0.25, -0.2) is 0 Å². The minimum Gasteiger partial charge on any atom is -0.427 e. The first-order chi connectivity index (χ1) is 10.2. The van der Waals surface area contributed by atoms with Gasteiger partial charge < -0.3 is 15.1 Å². The molecule has 0 saturated carbocycles. The molecule has 0 atom stereocenters. The molecule has 3 rings (SSSR count). The predicted molar refractivity (Wildman–Crippen MR) is 88.8 cm³/mol. The van der Waals surface area contributed by atoms with Gasteiger partial charge in [-0.1, -0.05) is 18.2 Å². The zero-order chi connectivity index (χ0) is 16.1. The summed E-state index contributed by atoms with van der Waals surface area (Å²) >= 11 is 0. The van der Waals surface area contributed by atoms with Crippen LogP contribution in [0, 0.1) is 0 Å². The average molecular weight is 296 g/mol. The molecule has 1 amide bonds. The van der Waals surface area contributed by atoms with Crippen molar-refractivity contribution >= 4 is 35.3 Å². The van der Waals surface area contributed by atoms with E-state index in [-0.39, 0.29) is 5.91 Å². The molecule has 4 nitrogen and oxygen atoms in total. The molecule has 1 aliphatic rings. The molecule has 2 aromatic carbocycles. The topological polar surface area (TPSA) is 58.6 Å². The maximum absolute atomic E-state index is 11.9. The van der Waals surface area contributed by atoms with Gasteiger partial charge in [-0.15, -0.1) is 0 Å². The monoisotopic (exact) mass is 296 g/mol. The number of rotatable bonds is 4. The smallest absolute Gasteiger partial charge is 0.331 e.